The van der Waals surface area contributed by atoms with E-state index in [9.17, 15) is 0 Å². The van der Waals surface area contributed by atoms with Crippen LogP contribution in [0.25, 0.3) is 0 Å². The second-order valence-corrected chi connectivity index (χ2v) is 7.05. The Bertz CT molecular complexity index is 675. The summed E-state index contributed by atoms with van der Waals surface area (Å²) in [6, 6.07) is 31.6. The Kier molecular flexibility index (Phi) is 5.20. The first kappa shape index (κ1) is 14.8. The molecule has 0 fully saturated rings. The van der Waals surface area contributed by atoms with Crippen LogP contribution in [0.15, 0.2) is 91.0 Å². The molecule has 1 N–H and O–H groups in total. The van der Waals surface area contributed by atoms with Crippen molar-refractivity contribution in [1.29, 1.82) is 0 Å². The second kappa shape index (κ2) is 7.75. The number of hydrogen-bond donors (Lipinski definition) is 1. The number of benzene rings is 3. The van der Waals surface area contributed by atoms with Gasteiger partial charge >= 0.3 is 0 Å². The molecule has 0 spiro atoms. The summed E-state index contributed by atoms with van der Waals surface area (Å²) < 4.78 is 2.24. The topological polar surface area (TPSA) is 15.3 Å². The van der Waals surface area contributed by atoms with Crippen LogP contribution in [0.4, 0.5) is 5.69 Å². The van der Waals surface area contributed by atoms with Gasteiger partial charge in [0.1, 0.15) is 0 Å². The molecule has 0 atom stereocenters. The van der Waals surface area contributed by atoms with Crippen molar-refractivity contribution < 1.29 is 0 Å². The summed E-state index contributed by atoms with van der Waals surface area (Å²) in [6.45, 7) is 0. The summed E-state index contributed by atoms with van der Waals surface area (Å²) in [5.74, 6) is 0. The number of anilines is 1. The molecule has 0 amide bonds. The molecule has 0 heterocycles. The Hall–Kier alpha value is -2.15. The van der Waals surface area contributed by atoms with Gasteiger partial charge in [0.2, 0.25) is 19.4 Å². The number of hydrazine groups is 1. The van der Waals surface area contributed by atoms with Gasteiger partial charge in [-0.2, -0.15) is 0 Å². The monoisotopic (exact) mass is 316 g/mol. The fourth-order valence-corrected chi connectivity index (χ4v) is 4.02. The summed E-state index contributed by atoms with van der Waals surface area (Å²) in [5, 5.41) is 6.20. The Morgan fingerprint density at radius 3 is 1.68 bits per heavy atom. The van der Waals surface area contributed by atoms with Crippen molar-refractivity contribution >= 4 is 35.4 Å². The van der Waals surface area contributed by atoms with Gasteiger partial charge in [-0.3, -0.25) is 5.09 Å². The highest BCUT2D eigenvalue weighted by molar-refractivity contribution is 6.60. The lowest BCUT2D eigenvalue weighted by Crippen LogP contribution is -2.50. The molecule has 0 aliphatic rings. The maximum atomic E-state index is 3.57. The number of rotatable bonds is 6. The van der Waals surface area contributed by atoms with Crippen molar-refractivity contribution in [3.05, 3.63) is 91.0 Å². The smallest absolute Gasteiger partial charge is 0.242 e. The molecule has 4 radical (unpaired) electrons. The minimum absolute atomic E-state index is 0.545. The molecule has 0 aliphatic carbocycles. The third kappa shape index (κ3) is 4.17. The molecule has 3 aromatic carbocycles. The van der Waals surface area contributed by atoms with Gasteiger partial charge in [-0.1, -0.05) is 78.9 Å². The van der Waals surface area contributed by atoms with Crippen LogP contribution >= 0.6 is 0 Å². The van der Waals surface area contributed by atoms with E-state index >= 15 is 0 Å². The van der Waals surface area contributed by atoms with E-state index < -0.39 is 0 Å². The number of hydrogen-bond acceptors (Lipinski definition) is 2. The predicted octanol–water partition coefficient (Wildman–Crippen LogP) is 1.89. The molecular weight excluding hydrogens is 300 g/mol. The quantitative estimate of drug-likeness (QED) is 0.552. The van der Waals surface area contributed by atoms with E-state index in [0.29, 0.717) is 19.4 Å². The molecule has 2 nitrogen and oxygen atoms in total. The Morgan fingerprint density at radius 2 is 1.09 bits per heavy atom. The third-order valence-electron chi connectivity index (χ3n) is 3.11. The maximum absolute atomic E-state index is 3.57. The zero-order valence-corrected chi connectivity index (χ0v) is 14.1. The highest BCUT2D eigenvalue weighted by Crippen LogP contribution is 2.09. The number of nitrogens with zero attached hydrogens (tertiary/aromatic N) is 1. The first-order valence-corrected chi connectivity index (χ1v) is 9.10. The molecule has 106 valence electrons. The van der Waals surface area contributed by atoms with Crippen molar-refractivity contribution in [2.24, 2.45) is 0 Å². The minimum atomic E-state index is 0.545. The van der Waals surface area contributed by atoms with Crippen LogP contribution in [0.2, 0.25) is 0 Å². The highest BCUT2D eigenvalue weighted by Gasteiger charge is 2.09. The summed E-state index contributed by atoms with van der Waals surface area (Å²) in [5.41, 5.74) is 1.19. The van der Waals surface area contributed by atoms with Crippen molar-refractivity contribution in [3.8, 4) is 0 Å². The van der Waals surface area contributed by atoms with E-state index in [0.717, 1.165) is 0 Å². The molecule has 3 rings (SSSR count). The molecule has 0 bridgehead atoms. The van der Waals surface area contributed by atoms with E-state index in [4.69, 9.17) is 0 Å². The van der Waals surface area contributed by atoms with Gasteiger partial charge in [-0.15, -0.1) is 0 Å². The van der Waals surface area contributed by atoms with E-state index in [1.165, 1.54) is 16.1 Å². The van der Waals surface area contributed by atoms with Crippen LogP contribution in [-0.2, 0) is 0 Å². The fourth-order valence-electron chi connectivity index (χ4n) is 2.02. The average Bonchev–Trinajstić information content (AvgIpc) is 2.61. The Balaban J connectivity index is 1.74. The highest BCUT2D eigenvalue weighted by atomic mass is 28.2. The summed E-state index contributed by atoms with van der Waals surface area (Å²) in [7, 11) is 1.10. The summed E-state index contributed by atoms with van der Waals surface area (Å²) in [6.07, 6.45) is 0. The van der Waals surface area contributed by atoms with Gasteiger partial charge in [0, 0.05) is 5.69 Å². The van der Waals surface area contributed by atoms with Crippen LogP contribution in [-0.4, -0.2) is 19.4 Å². The molecular formula is C18H16N2Si2. The van der Waals surface area contributed by atoms with Crippen LogP contribution in [0, 0.1) is 0 Å². The number of para-hydroxylation sites is 1. The molecule has 0 saturated carbocycles. The van der Waals surface area contributed by atoms with Gasteiger partial charge in [-0.25, -0.2) is 0 Å². The molecule has 22 heavy (non-hydrogen) atoms. The standard InChI is InChI=1S/C18H16N2Si2/c1-4-10-16(11-5-1)20(22-18-14-8-3-9-15-18)19-21-17-12-6-2-7-13-17/h1-15,19H. The zero-order valence-electron chi connectivity index (χ0n) is 12.1. The van der Waals surface area contributed by atoms with Crippen LogP contribution in [0.5, 0.6) is 0 Å². The lowest BCUT2D eigenvalue weighted by Gasteiger charge is -2.25. The SMILES string of the molecule is c1ccc([Si]NN([Si]c2ccccc2)c2ccccc2)cc1. The molecule has 3 aromatic rings. The zero-order chi connectivity index (χ0) is 15.0. The lowest BCUT2D eigenvalue weighted by atomic mass is 10.3. The van der Waals surface area contributed by atoms with E-state index in [1.54, 1.807) is 0 Å². The largest absolute Gasteiger partial charge is 0.338 e. The van der Waals surface area contributed by atoms with Gasteiger partial charge in [0.25, 0.3) is 0 Å². The molecule has 0 saturated heterocycles. The predicted molar refractivity (Wildman–Crippen MR) is 95.7 cm³/mol. The molecule has 0 aliphatic heterocycles. The third-order valence-corrected chi connectivity index (χ3v) is 5.48. The van der Waals surface area contributed by atoms with Gasteiger partial charge in [0.15, 0.2) is 0 Å². The first-order valence-electron chi connectivity index (χ1n) is 7.15. The van der Waals surface area contributed by atoms with E-state index in [-0.39, 0.29) is 0 Å². The number of nitrogens with one attached hydrogen (secondary N) is 1. The molecule has 0 unspecified atom stereocenters. The van der Waals surface area contributed by atoms with E-state index in [2.05, 4.69) is 94.7 Å². The van der Waals surface area contributed by atoms with Crippen molar-refractivity contribution in [3.63, 3.8) is 0 Å². The molecule has 4 heteroatoms. The van der Waals surface area contributed by atoms with Crippen molar-refractivity contribution in [1.82, 2.24) is 5.09 Å². The summed E-state index contributed by atoms with van der Waals surface area (Å²) >= 11 is 0. The summed E-state index contributed by atoms with van der Waals surface area (Å²) in [4.78, 5) is 0. The fraction of sp³-hybridized carbons (Fsp3) is 0. The second-order valence-electron chi connectivity index (χ2n) is 4.75. The normalized spacial score (nSPS) is 10.4. The maximum Gasteiger partial charge on any atom is 0.242 e. The van der Waals surface area contributed by atoms with Crippen molar-refractivity contribution in [2.75, 3.05) is 4.67 Å². The first-order chi connectivity index (χ1) is 10.9. The van der Waals surface area contributed by atoms with Crippen LogP contribution in [0.1, 0.15) is 0 Å². The Morgan fingerprint density at radius 1 is 0.591 bits per heavy atom. The minimum Gasteiger partial charge on any atom is -0.338 e. The Labute approximate surface area is 136 Å². The van der Waals surface area contributed by atoms with Crippen LogP contribution < -0.4 is 20.1 Å². The van der Waals surface area contributed by atoms with Crippen LogP contribution in [0.3, 0.4) is 0 Å². The lowest BCUT2D eigenvalue weighted by molar-refractivity contribution is 1.04. The van der Waals surface area contributed by atoms with Crippen molar-refractivity contribution in [2.45, 2.75) is 0 Å². The van der Waals surface area contributed by atoms with Gasteiger partial charge in [-0.05, 0) is 22.5 Å². The van der Waals surface area contributed by atoms with Gasteiger partial charge < -0.3 is 4.67 Å². The van der Waals surface area contributed by atoms with Gasteiger partial charge in [0.05, 0.1) is 0 Å². The van der Waals surface area contributed by atoms with E-state index in [1.807, 2.05) is 6.07 Å². The molecule has 0 aromatic heterocycles. The average molecular weight is 317 g/mol.